The van der Waals surface area contributed by atoms with Crippen LogP contribution in [-0.4, -0.2) is 147 Å². The molecule has 0 spiro atoms. The Hall–Kier alpha value is -4.42. The first kappa shape index (κ1) is 54.7. The topological polar surface area (TPSA) is 246 Å². The molecule has 1 heterocycles. The average Bonchev–Trinajstić information content (AvgIpc) is 3.16. The highest BCUT2D eigenvalue weighted by Gasteiger charge is 2.56. The van der Waals surface area contributed by atoms with Crippen molar-refractivity contribution >= 4 is 49.9 Å². The zero-order chi connectivity index (χ0) is 47.4. The minimum absolute atomic E-state index is 0.0129. The summed E-state index contributed by atoms with van der Waals surface area (Å²) in [6.07, 6.45) is -8.61. The molecule has 1 saturated heterocycles. The van der Waals surface area contributed by atoms with E-state index < -0.39 is 80.5 Å². The van der Waals surface area contributed by atoms with Crippen molar-refractivity contribution in [1.82, 2.24) is 5.48 Å². The Labute approximate surface area is 369 Å². The normalized spacial score (nSPS) is 19.0. The molecule has 2 amide bonds. The van der Waals surface area contributed by atoms with Gasteiger partial charge in [0.2, 0.25) is 18.3 Å². The molecule has 22 heteroatoms. The molecule has 358 valence electrons. The Balaban J connectivity index is 2.02. The van der Waals surface area contributed by atoms with Gasteiger partial charge in [-0.25, -0.2) is 9.59 Å². The van der Waals surface area contributed by atoms with Crippen molar-refractivity contribution in [1.29, 1.82) is 0 Å². The zero-order valence-electron chi connectivity index (χ0n) is 38.4. The van der Waals surface area contributed by atoms with Crippen molar-refractivity contribution in [2.24, 2.45) is 0 Å². The number of hydrogen-bond donors (Lipinski definition) is 2. The summed E-state index contributed by atoms with van der Waals surface area (Å²) in [6, 6.07) is 4.69. The first-order valence-corrected chi connectivity index (χ1v) is 23.2. The fourth-order valence-corrected chi connectivity index (χ4v) is 6.14. The third kappa shape index (κ3) is 20.8. The first-order chi connectivity index (χ1) is 29.4. The molecule has 2 N–H and O–H groups in total. The van der Waals surface area contributed by atoms with E-state index in [4.69, 9.17) is 61.4 Å². The number of hydroxylamine groups is 1. The standard InChI is InChI=1S/C41H66N2O19Si/c1-26(44)57-33-34(58-27(2)45)36(59-28(3)46)38(61-35(33)37(48)50-10)60-31-14-13-30(23-29(31)24-56-63(11,12)41(7,8)9)42-32(47)25-54-20-19-52-16-15-51-17-18-53-21-22-55-43-39(49)62-40(4,5)6/h13-14,23,33-36,38H,15-22,24-25H2,1-12H3,(H,42,47)(H,43,49). The second-order valence-corrected chi connectivity index (χ2v) is 21.4. The first-order valence-electron chi connectivity index (χ1n) is 20.3. The van der Waals surface area contributed by atoms with Crippen molar-refractivity contribution in [3.8, 4) is 5.75 Å². The quantitative estimate of drug-likeness (QED) is 0.0466. The lowest BCUT2D eigenvalue weighted by Gasteiger charge is -2.43. The molecular formula is C41H66N2O19Si. The molecule has 1 aromatic rings. The van der Waals surface area contributed by atoms with Gasteiger partial charge in [0.05, 0.1) is 66.6 Å². The fraction of sp³-hybridized carbons (Fsp3) is 0.707. The highest BCUT2D eigenvalue weighted by atomic mass is 28.4. The fourth-order valence-electron chi connectivity index (χ4n) is 5.19. The Morgan fingerprint density at radius 1 is 0.714 bits per heavy atom. The van der Waals surface area contributed by atoms with Crippen LogP contribution in [0, 0.1) is 0 Å². The van der Waals surface area contributed by atoms with Crippen LogP contribution in [0.25, 0.3) is 0 Å². The molecule has 1 aromatic carbocycles. The van der Waals surface area contributed by atoms with Crippen LogP contribution < -0.4 is 15.5 Å². The molecular weight excluding hydrogens is 853 g/mol. The number of esters is 4. The second-order valence-electron chi connectivity index (χ2n) is 16.6. The molecule has 0 aromatic heterocycles. The summed E-state index contributed by atoms with van der Waals surface area (Å²) in [6.45, 7) is 20.5. The number of nitrogens with one attached hydrogen (secondary N) is 2. The van der Waals surface area contributed by atoms with Crippen LogP contribution in [-0.2, 0) is 87.2 Å². The van der Waals surface area contributed by atoms with E-state index in [2.05, 4.69) is 44.7 Å². The number of anilines is 1. The Kier molecular flexibility index (Phi) is 22.9. The van der Waals surface area contributed by atoms with Gasteiger partial charge in [-0.1, -0.05) is 20.8 Å². The number of carbonyl (C=O) groups is 6. The Morgan fingerprint density at radius 2 is 1.24 bits per heavy atom. The van der Waals surface area contributed by atoms with Crippen molar-refractivity contribution < 1.29 is 90.1 Å². The van der Waals surface area contributed by atoms with Crippen molar-refractivity contribution in [3.63, 3.8) is 0 Å². The van der Waals surface area contributed by atoms with Gasteiger partial charge >= 0.3 is 30.0 Å². The van der Waals surface area contributed by atoms with Crippen LogP contribution in [0.1, 0.15) is 67.9 Å². The lowest BCUT2D eigenvalue weighted by molar-refractivity contribution is -0.282. The van der Waals surface area contributed by atoms with Gasteiger partial charge in [-0.05, 0) is 57.1 Å². The van der Waals surface area contributed by atoms with Crippen LogP contribution in [0.5, 0.6) is 5.75 Å². The van der Waals surface area contributed by atoms with Gasteiger partial charge in [0.25, 0.3) is 0 Å². The van der Waals surface area contributed by atoms with Gasteiger partial charge in [0.15, 0.2) is 26.6 Å². The molecule has 5 atom stereocenters. The Bertz CT molecular complexity index is 1650. The van der Waals surface area contributed by atoms with E-state index in [1.54, 1.807) is 32.9 Å². The highest BCUT2D eigenvalue weighted by Crippen LogP contribution is 2.39. The summed E-state index contributed by atoms with van der Waals surface area (Å²) in [4.78, 5) is 79.1. The molecule has 1 aliphatic heterocycles. The van der Waals surface area contributed by atoms with Gasteiger partial charge in [-0.15, -0.1) is 0 Å². The largest absolute Gasteiger partial charge is 0.467 e. The number of benzene rings is 1. The van der Waals surface area contributed by atoms with Crippen LogP contribution in [0.3, 0.4) is 0 Å². The van der Waals surface area contributed by atoms with E-state index in [9.17, 15) is 28.8 Å². The predicted octanol–water partition coefficient (Wildman–Crippen LogP) is 3.74. The van der Waals surface area contributed by atoms with Crippen LogP contribution in [0.4, 0.5) is 10.5 Å². The minimum Gasteiger partial charge on any atom is -0.467 e. The summed E-state index contributed by atoms with van der Waals surface area (Å²) in [5.41, 5.74) is 2.35. The van der Waals surface area contributed by atoms with Gasteiger partial charge in [-0.2, -0.15) is 5.48 Å². The molecule has 0 aliphatic carbocycles. The van der Waals surface area contributed by atoms with Crippen LogP contribution >= 0.6 is 0 Å². The summed E-state index contributed by atoms with van der Waals surface area (Å²) in [5, 5.41) is 2.61. The molecule has 63 heavy (non-hydrogen) atoms. The molecule has 1 fully saturated rings. The van der Waals surface area contributed by atoms with Crippen molar-refractivity contribution in [3.05, 3.63) is 23.8 Å². The smallest absolute Gasteiger partial charge is 0.431 e. The van der Waals surface area contributed by atoms with E-state index in [0.29, 0.717) is 37.7 Å². The molecule has 0 bridgehead atoms. The third-order valence-corrected chi connectivity index (χ3v) is 13.5. The van der Waals surface area contributed by atoms with Crippen molar-refractivity contribution in [2.45, 2.75) is 123 Å². The van der Waals surface area contributed by atoms with E-state index in [1.165, 1.54) is 6.07 Å². The summed E-state index contributed by atoms with van der Waals surface area (Å²) in [7, 11) is -1.28. The van der Waals surface area contributed by atoms with Gasteiger partial charge in [0, 0.05) is 32.0 Å². The summed E-state index contributed by atoms with van der Waals surface area (Å²) >= 11 is 0. The number of ether oxygens (including phenoxy) is 11. The number of rotatable bonds is 25. The van der Waals surface area contributed by atoms with Gasteiger partial charge in [-0.3, -0.25) is 24.0 Å². The summed E-state index contributed by atoms with van der Waals surface area (Å²) in [5.74, 6) is -3.78. The lowest BCUT2D eigenvalue weighted by Crippen LogP contribution is -2.64. The van der Waals surface area contributed by atoms with E-state index in [1.807, 2.05) is 0 Å². The van der Waals surface area contributed by atoms with Crippen LogP contribution in [0.15, 0.2) is 18.2 Å². The monoisotopic (exact) mass is 918 g/mol. The van der Waals surface area contributed by atoms with Gasteiger partial charge in [0.1, 0.15) is 18.0 Å². The molecule has 5 unspecified atom stereocenters. The lowest BCUT2D eigenvalue weighted by atomic mass is 9.97. The third-order valence-electron chi connectivity index (χ3n) is 9.05. The second kappa shape index (κ2) is 26.4. The number of carbonyl (C=O) groups excluding carboxylic acids is 6. The van der Waals surface area contributed by atoms with Crippen molar-refractivity contribution in [2.75, 3.05) is 71.9 Å². The molecule has 2 rings (SSSR count). The zero-order valence-corrected chi connectivity index (χ0v) is 39.4. The van der Waals surface area contributed by atoms with E-state index in [0.717, 1.165) is 27.9 Å². The van der Waals surface area contributed by atoms with Crippen LogP contribution in [0.2, 0.25) is 18.1 Å². The molecule has 1 aliphatic rings. The SMILES string of the molecule is COC(=O)C1OC(Oc2ccc(NC(=O)COCCOCCOCCOCCONC(=O)OC(C)(C)C)cc2CO[Si](C)(C)C(C)(C)C)C(OC(C)=O)C(OC(C)=O)C1OC(C)=O. The van der Waals surface area contributed by atoms with E-state index >= 15 is 0 Å². The maximum absolute atomic E-state index is 13.0. The maximum Gasteiger partial charge on any atom is 0.431 e. The molecule has 0 saturated carbocycles. The average molecular weight is 919 g/mol. The highest BCUT2D eigenvalue weighted by molar-refractivity contribution is 6.74. The molecule has 21 nitrogen and oxygen atoms in total. The van der Waals surface area contributed by atoms with Gasteiger partial charge < -0.3 is 61.8 Å². The Morgan fingerprint density at radius 3 is 1.76 bits per heavy atom. The maximum atomic E-state index is 13.0. The minimum atomic E-state index is -2.36. The van der Waals surface area contributed by atoms with E-state index in [-0.39, 0.29) is 50.4 Å². The molecule has 0 radical (unpaired) electrons. The number of hydrogen-bond acceptors (Lipinski definition) is 19. The summed E-state index contributed by atoms with van der Waals surface area (Å²) < 4.78 is 66.8. The number of amides is 2. The predicted molar refractivity (Wildman–Crippen MR) is 224 cm³/mol. The number of methoxy groups -OCH3 is 1.